The molecule has 0 N–H and O–H groups in total. The van der Waals surface area contributed by atoms with Gasteiger partial charge in [0, 0.05) is 17.7 Å². The first-order valence-corrected chi connectivity index (χ1v) is 4.84. The van der Waals surface area contributed by atoms with E-state index in [-0.39, 0.29) is 11.5 Å². The first-order chi connectivity index (χ1) is 8.49. The van der Waals surface area contributed by atoms with E-state index in [1.807, 2.05) is 0 Å². The van der Waals surface area contributed by atoms with Crippen LogP contribution in [0.2, 0.25) is 0 Å². The molecule has 7 heteroatoms. The molecule has 96 valence electrons. The lowest BCUT2D eigenvalue weighted by molar-refractivity contribution is -0.274. The molecule has 1 aromatic heterocycles. The van der Waals surface area contributed by atoms with Crippen LogP contribution in [0.1, 0.15) is 0 Å². The van der Waals surface area contributed by atoms with Gasteiger partial charge in [0.25, 0.3) is 0 Å². The summed E-state index contributed by atoms with van der Waals surface area (Å²) in [6.45, 7) is 0. The standard InChI is InChI=1S/C11H8F3NO3/c1-16-10-6-7(18-11(12,13)14)2-3-8(10)9-4-5-17-15-9/h2-6H,1H3. The van der Waals surface area contributed by atoms with E-state index in [0.717, 1.165) is 6.07 Å². The second-order valence-electron chi connectivity index (χ2n) is 3.29. The van der Waals surface area contributed by atoms with Gasteiger partial charge in [-0.1, -0.05) is 5.16 Å². The Balaban J connectivity index is 2.35. The summed E-state index contributed by atoms with van der Waals surface area (Å²) in [5.41, 5.74) is 0.978. The minimum Gasteiger partial charge on any atom is -0.496 e. The van der Waals surface area contributed by atoms with Crippen LogP contribution in [0.4, 0.5) is 13.2 Å². The first kappa shape index (κ1) is 12.3. The molecular formula is C11H8F3NO3. The van der Waals surface area contributed by atoms with Gasteiger partial charge in [-0.25, -0.2) is 0 Å². The number of halogens is 3. The Hall–Kier alpha value is -2.18. The van der Waals surface area contributed by atoms with E-state index < -0.39 is 6.36 Å². The Bertz CT molecular complexity index is 523. The molecule has 0 saturated carbocycles. The van der Waals surface area contributed by atoms with Gasteiger partial charge in [0.2, 0.25) is 0 Å². The fourth-order valence-corrected chi connectivity index (χ4v) is 1.43. The van der Waals surface area contributed by atoms with Gasteiger partial charge in [0.1, 0.15) is 23.5 Å². The van der Waals surface area contributed by atoms with Gasteiger partial charge in [-0.05, 0) is 12.1 Å². The van der Waals surface area contributed by atoms with E-state index >= 15 is 0 Å². The molecule has 2 aromatic rings. The molecule has 4 nitrogen and oxygen atoms in total. The average Bonchev–Trinajstić information content (AvgIpc) is 2.80. The summed E-state index contributed by atoms with van der Waals surface area (Å²) in [6, 6.07) is 5.30. The Morgan fingerprint density at radius 2 is 2.00 bits per heavy atom. The number of hydrogen-bond acceptors (Lipinski definition) is 4. The lowest BCUT2D eigenvalue weighted by atomic mass is 10.1. The van der Waals surface area contributed by atoms with Crippen LogP contribution in [0.25, 0.3) is 11.3 Å². The normalized spacial score (nSPS) is 11.3. The van der Waals surface area contributed by atoms with Crippen molar-refractivity contribution >= 4 is 0 Å². The minimum atomic E-state index is -4.74. The molecule has 1 aromatic carbocycles. The lowest BCUT2D eigenvalue weighted by Gasteiger charge is -2.11. The topological polar surface area (TPSA) is 44.5 Å². The fourth-order valence-electron chi connectivity index (χ4n) is 1.43. The molecule has 0 fully saturated rings. The summed E-state index contributed by atoms with van der Waals surface area (Å²) < 4.78 is 49.6. The highest BCUT2D eigenvalue weighted by atomic mass is 19.4. The Kier molecular flexibility index (Phi) is 3.14. The Morgan fingerprint density at radius 1 is 1.22 bits per heavy atom. The zero-order chi connectivity index (χ0) is 13.2. The van der Waals surface area contributed by atoms with Crippen LogP contribution in [-0.2, 0) is 0 Å². The number of benzene rings is 1. The van der Waals surface area contributed by atoms with E-state index in [9.17, 15) is 13.2 Å². The van der Waals surface area contributed by atoms with Gasteiger partial charge in [-0.3, -0.25) is 0 Å². The molecule has 0 aliphatic carbocycles. The van der Waals surface area contributed by atoms with Crippen molar-refractivity contribution in [1.82, 2.24) is 5.16 Å². The van der Waals surface area contributed by atoms with Crippen LogP contribution >= 0.6 is 0 Å². The molecule has 1 heterocycles. The van der Waals surface area contributed by atoms with Gasteiger partial charge in [-0.2, -0.15) is 0 Å². The van der Waals surface area contributed by atoms with Crippen LogP contribution in [-0.4, -0.2) is 18.6 Å². The van der Waals surface area contributed by atoms with E-state index in [1.165, 1.54) is 25.5 Å². The molecule has 0 amide bonds. The molecule has 2 rings (SSSR count). The molecular weight excluding hydrogens is 251 g/mol. The number of aromatic nitrogens is 1. The molecule has 0 aliphatic heterocycles. The molecule has 0 saturated heterocycles. The quantitative estimate of drug-likeness (QED) is 0.848. The third kappa shape index (κ3) is 2.73. The maximum atomic E-state index is 12.1. The number of methoxy groups -OCH3 is 1. The molecule has 0 aliphatic rings. The average molecular weight is 259 g/mol. The SMILES string of the molecule is COc1cc(OC(F)(F)F)ccc1-c1ccon1. The Labute approximate surface area is 99.9 Å². The highest BCUT2D eigenvalue weighted by Crippen LogP contribution is 2.34. The summed E-state index contributed by atoms with van der Waals surface area (Å²) in [4.78, 5) is 0. The highest BCUT2D eigenvalue weighted by molar-refractivity contribution is 5.67. The maximum Gasteiger partial charge on any atom is 0.573 e. The zero-order valence-electron chi connectivity index (χ0n) is 9.19. The van der Waals surface area contributed by atoms with Gasteiger partial charge < -0.3 is 14.0 Å². The van der Waals surface area contributed by atoms with Crippen molar-refractivity contribution in [2.45, 2.75) is 6.36 Å². The number of hydrogen-bond donors (Lipinski definition) is 0. The first-order valence-electron chi connectivity index (χ1n) is 4.84. The van der Waals surface area contributed by atoms with Crippen LogP contribution < -0.4 is 9.47 Å². The summed E-state index contributed by atoms with van der Waals surface area (Å²) in [7, 11) is 1.34. The summed E-state index contributed by atoms with van der Waals surface area (Å²) in [6.07, 6.45) is -3.38. The largest absolute Gasteiger partial charge is 0.573 e. The Morgan fingerprint density at radius 3 is 2.56 bits per heavy atom. The van der Waals surface area contributed by atoms with Crippen LogP contribution in [0.3, 0.4) is 0 Å². The van der Waals surface area contributed by atoms with E-state index in [4.69, 9.17) is 4.74 Å². The minimum absolute atomic E-state index is 0.214. The second-order valence-corrected chi connectivity index (χ2v) is 3.29. The predicted octanol–water partition coefficient (Wildman–Crippen LogP) is 3.25. The second kappa shape index (κ2) is 4.59. The lowest BCUT2D eigenvalue weighted by Crippen LogP contribution is -2.17. The fraction of sp³-hybridized carbons (Fsp3) is 0.182. The van der Waals surface area contributed by atoms with Crippen molar-refractivity contribution in [2.75, 3.05) is 7.11 Å². The van der Waals surface area contributed by atoms with Crippen molar-refractivity contribution in [3.05, 3.63) is 30.5 Å². The number of nitrogens with zero attached hydrogens (tertiary/aromatic N) is 1. The highest BCUT2D eigenvalue weighted by Gasteiger charge is 2.31. The third-order valence-corrected chi connectivity index (χ3v) is 2.12. The molecule has 0 spiro atoms. The van der Waals surface area contributed by atoms with E-state index in [1.54, 1.807) is 6.07 Å². The number of ether oxygens (including phenoxy) is 2. The van der Waals surface area contributed by atoms with Crippen LogP contribution in [0.5, 0.6) is 11.5 Å². The summed E-state index contributed by atoms with van der Waals surface area (Å²) in [5, 5.41) is 3.68. The third-order valence-electron chi connectivity index (χ3n) is 2.12. The monoisotopic (exact) mass is 259 g/mol. The van der Waals surface area contributed by atoms with E-state index in [2.05, 4.69) is 14.4 Å². The van der Waals surface area contributed by atoms with Crippen molar-refractivity contribution in [1.29, 1.82) is 0 Å². The molecule has 18 heavy (non-hydrogen) atoms. The molecule has 0 unspecified atom stereocenters. The predicted molar refractivity (Wildman–Crippen MR) is 55.2 cm³/mol. The zero-order valence-corrected chi connectivity index (χ0v) is 9.19. The summed E-state index contributed by atoms with van der Waals surface area (Å²) >= 11 is 0. The van der Waals surface area contributed by atoms with Crippen LogP contribution in [0, 0.1) is 0 Å². The van der Waals surface area contributed by atoms with E-state index in [0.29, 0.717) is 11.3 Å². The van der Waals surface area contributed by atoms with Crippen LogP contribution in [0.15, 0.2) is 35.1 Å². The van der Waals surface area contributed by atoms with Gasteiger partial charge in [0.15, 0.2) is 0 Å². The van der Waals surface area contributed by atoms with Crippen molar-refractivity contribution in [3.8, 4) is 22.8 Å². The molecule has 0 bridgehead atoms. The molecule has 0 atom stereocenters. The van der Waals surface area contributed by atoms with Crippen molar-refractivity contribution < 1.29 is 27.2 Å². The molecule has 0 radical (unpaired) electrons. The number of alkyl halides is 3. The van der Waals surface area contributed by atoms with Gasteiger partial charge in [-0.15, -0.1) is 13.2 Å². The number of rotatable bonds is 3. The van der Waals surface area contributed by atoms with Gasteiger partial charge in [0.05, 0.1) is 7.11 Å². The van der Waals surface area contributed by atoms with Crippen molar-refractivity contribution in [2.24, 2.45) is 0 Å². The van der Waals surface area contributed by atoms with Crippen molar-refractivity contribution in [3.63, 3.8) is 0 Å². The summed E-state index contributed by atoms with van der Waals surface area (Å²) in [5.74, 6) is -0.141. The smallest absolute Gasteiger partial charge is 0.496 e. The maximum absolute atomic E-state index is 12.1. The van der Waals surface area contributed by atoms with Gasteiger partial charge >= 0.3 is 6.36 Å².